The van der Waals surface area contributed by atoms with Crippen LogP contribution in [0.1, 0.15) is 93.4 Å². The van der Waals surface area contributed by atoms with Crippen LogP contribution in [0, 0.1) is 16.7 Å². The first-order valence-corrected chi connectivity index (χ1v) is 15.7. The summed E-state index contributed by atoms with van der Waals surface area (Å²) >= 11 is 0. The van der Waals surface area contributed by atoms with E-state index >= 15 is 0 Å². The largest absolute Gasteiger partial charge is 0.511 e. The third-order valence-corrected chi connectivity index (χ3v) is 9.16. The molecule has 0 aliphatic heterocycles. The second-order valence-electron chi connectivity index (χ2n) is 13.2. The summed E-state index contributed by atoms with van der Waals surface area (Å²) in [5, 5.41) is 78.9. The molecule has 7 N–H and O–H groups in total. The Labute approximate surface area is 272 Å². The van der Waals surface area contributed by atoms with E-state index in [1.807, 2.05) is 0 Å². The van der Waals surface area contributed by atoms with Gasteiger partial charge >= 0.3 is 0 Å². The van der Waals surface area contributed by atoms with Crippen molar-refractivity contribution in [3.8, 4) is 0 Å². The summed E-state index contributed by atoms with van der Waals surface area (Å²) in [5.74, 6) is -10.1. The van der Waals surface area contributed by atoms with E-state index in [1.54, 1.807) is 13.8 Å². The summed E-state index contributed by atoms with van der Waals surface area (Å²) < 4.78 is 0. The van der Waals surface area contributed by atoms with Gasteiger partial charge in [-0.1, -0.05) is 20.8 Å². The van der Waals surface area contributed by atoms with E-state index in [9.17, 15) is 59.7 Å². The first-order chi connectivity index (χ1) is 21.7. The van der Waals surface area contributed by atoms with Crippen LogP contribution in [-0.4, -0.2) is 70.8 Å². The molecule has 0 spiro atoms. The van der Waals surface area contributed by atoms with Crippen LogP contribution in [-0.2, 0) is 24.0 Å². The minimum atomic E-state index is -1.97. The van der Waals surface area contributed by atoms with E-state index in [2.05, 4.69) is 0 Å². The van der Waals surface area contributed by atoms with Crippen LogP contribution >= 0.6 is 0 Å². The molecule has 0 radical (unpaired) electrons. The highest BCUT2D eigenvalue weighted by Gasteiger charge is 2.49. The first kappa shape index (κ1) is 37.0. The Morgan fingerprint density at radius 3 is 1.38 bits per heavy atom. The van der Waals surface area contributed by atoms with Gasteiger partial charge in [-0.15, -0.1) is 0 Å². The van der Waals surface area contributed by atoms with Gasteiger partial charge in [0.05, 0.1) is 10.8 Å². The minimum absolute atomic E-state index is 0.0861. The Kier molecular flexibility index (Phi) is 10.5. The van der Waals surface area contributed by atoms with E-state index in [0.717, 1.165) is 0 Å². The lowest BCUT2D eigenvalue weighted by Gasteiger charge is -2.35. The van der Waals surface area contributed by atoms with Crippen molar-refractivity contribution in [3.05, 3.63) is 68.0 Å². The molecule has 0 aromatic heterocycles. The zero-order chi connectivity index (χ0) is 35.9. The Morgan fingerprint density at radius 2 is 1.02 bits per heavy atom. The van der Waals surface area contributed by atoms with Crippen LogP contribution in [0.4, 0.5) is 0 Å². The number of hydrogen-bond donors (Lipinski definition) is 7. The predicted molar refractivity (Wildman–Crippen MR) is 169 cm³/mol. The fraction of sp³-hybridized carbons (Fsp3) is 0.514. The van der Waals surface area contributed by atoms with Gasteiger partial charge in [-0.3, -0.25) is 24.0 Å². The monoisotopic (exact) mass is 656 g/mol. The normalized spacial score (nSPS) is 23.3. The van der Waals surface area contributed by atoms with Gasteiger partial charge in [0.1, 0.15) is 57.7 Å². The molecule has 2 atom stereocenters. The number of hydrogen-bond acceptors (Lipinski definition) is 12. The summed E-state index contributed by atoms with van der Waals surface area (Å²) in [7, 11) is 0. The van der Waals surface area contributed by atoms with Crippen molar-refractivity contribution in [2.45, 2.75) is 99.5 Å². The van der Waals surface area contributed by atoms with Crippen molar-refractivity contribution in [2.24, 2.45) is 16.7 Å². The molecule has 47 heavy (non-hydrogen) atoms. The maximum absolute atomic E-state index is 13.3. The van der Waals surface area contributed by atoms with Gasteiger partial charge in [0.25, 0.3) is 0 Å². The lowest BCUT2D eigenvalue weighted by molar-refractivity contribution is -0.128. The fourth-order valence-corrected chi connectivity index (χ4v) is 6.16. The van der Waals surface area contributed by atoms with Crippen molar-refractivity contribution in [3.63, 3.8) is 0 Å². The molecule has 0 saturated carbocycles. The summed E-state index contributed by atoms with van der Waals surface area (Å²) in [4.78, 5) is 65.1. The molecule has 3 rings (SSSR count). The molecule has 256 valence electrons. The number of ketones is 5. The first-order valence-electron chi connectivity index (χ1n) is 15.7. The van der Waals surface area contributed by atoms with Crippen LogP contribution in [0.5, 0.6) is 0 Å². The van der Waals surface area contributed by atoms with E-state index in [1.165, 1.54) is 34.6 Å². The maximum atomic E-state index is 13.3. The Morgan fingerprint density at radius 1 is 0.638 bits per heavy atom. The number of Topliss-reactive ketones (excluding diaryl/α,β-unsaturated/α-hetero) is 5. The molecule has 0 aromatic carbocycles. The van der Waals surface area contributed by atoms with Gasteiger partial charge in [-0.05, 0) is 40.5 Å². The highest BCUT2D eigenvalue weighted by molar-refractivity contribution is 6.24. The molecular weight excluding hydrogens is 612 g/mol. The van der Waals surface area contributed by atoms with Gasteiger partial charge in [0.2, 0.25) is 0 Å². The average molecular weight is 657 g/mol. The molecule has 12 heteroatoms. The van der Waals surface area contributed by atoms with Gasteiger partial charge in [0, 0.05) is 54.4 Å². The predicted octanol–water partition coefficient (Wildman–Crippen LogP) is 5.57. The van der Waals surface area contributed by atoms with Crippen LogP contribution in [0.15, 0.2) is 68.0 Å². The van der Waals surface area contributed by atoms with Crippen molar-refractivity contribution in [2.75, 3.05) is 0 Å². The van der Waals surface area contributed by atoms with E-state index < -0.39 is 110 Å². The van der Waals surface area contributed by atoms with Gasteiger partial charge in [0.15, 0.2) is 28.9 Å². The molecule has 0 aromatic rings. The fourth-order valence-electron chi connectivity index (χ4n) is 6.16. The molecule has 2 unspecified atom stereocenters. The van der Waals surface area contributed by atoms with Crippen molar-refractivity contribution < 1.29 is 59.7 Å². The highest BCUT2D eigenvalue weighted by Crippen LogP contribution is 2.47. The lowest BCUT2D eigenvalue weighted by atomic mass is 9.70. The topological polar surface area (TPSA) is 227 Å². The number of carbonyl (C=O) groups excluding carboxylic acids is 5. The SMILES string of the molecule is CCCC(=O)C1=C(O)C(CC2=C(O)C(C(=O)CCC)C(O)=C(CC3=C(O)C(C)(C)C(=O)C(C(=O)CC)=C3O)C2O)=C(O)C(C)(C)C1=O. The van der Waals surface area contributed by atoms with Crippen LogP contribution < -0.4 is 0 Å². The summed E-state index contributed by atoms with van der Waals surface area (Å²) in [5.41, 5.74) is -6.03. The molecule has 0 amide bonds. The van der Waals surface area contributed by atoms with E-state index in [-0.39, 0.29) is 41.6 Å². The van der Waals surface area contributed by atoms with Crippen LogP contribution in [0.25, 0.3) is 0 Å². The minimum Gasteiger partial charge on any atom is -0.511 e. The summed E-state index contributed by atoms with van der Waals surface area (Å²) in [6.45, 7) is 10.2. The smallest absolute Gasteiger partial charge is 0.183 e. The highest BCUT2D eigenvalue weighted by atomic mass is 16.3. The van der Waals surface area contributed by atoms with Crippen molar-refractivity contribution in [1.82, 2.24) is 0 Å². The molecule has 0 saturated heterocycles. The van der Waals surface area contributed by atoms with Crippen LogP contribution in [0.3, 0.4) is 0 Å². The van der Waals surface area contributed by atoms with E-state index in [0.29, 0.717) is 12.8 Å². The lowest BCUT2D eigenvalue weighted by Crippen LogP contribution is -2.38. The number of aliphatic hydroxyl groups is 7. The molecule has 3 aliphatic carbocycles. The van der Waals surface area contributed by atoms with Crippen molar-refractivity contribution in [1.29, 1.82) is 0 Å². The number of rotatable bonds is 12. The van der Waals surface area contributed by atoms with Crippen molar-refractivity contribution >= 4 is 28.9 Å². The molecule has 0 bridgehead atoms. The van der Waals surface area contributed by atoms with Crippen LogP contribution in [0.2, 0.25) is 0 Å². The van der Waals surface area contributed by atoms with Gasteiger partial charge in [-0.25, -0.2) is 0 Å². The standard InChI is InChI=1S/C35H44O12/c1-8-11-20(37)22-26(40)15(13-17-28(42)23(19(36)10-3)32(46)34(4,5)30(17)44)25(39)16(27(22)41)14-18-29(43)24(21(38)12-9-2)33(47)35(6,7)31(18)45/h22,25,39-45H,8-14H2,1-7H3. The Hall–Kier alpha value is -4.45. The van der Waals surface area contributed by atoms with E-state index in [4.69, 9.17) is 0 Å². The zero-order valence-corrected chi connectivity index (χ0v) is 27.8. The number of carbonyl (C=O) groups is 5. The van der Waals surface area contributed by atoms with Gasteiger partial charge < -0.3 is 35.7 Å². The molecule has 0 heterocycles. The quantitative estimate of drug-likeness (QED) is 0.128. The zero-order valence-electron chi connectivity index (χ0n) is 27.8. The molecule has 0 fully saturated rings. The average Bonchev–Trinajstić information content (AvgIpc) is 2.99. The second-order valence-corrected chi connectivity index (χ2v) is 13.2. The Balaban J connectivity index is 2.28. The number of allylic oxidation sites excluding steroid dienone is 6. The molecular formula is C35H44O12. The number of aliphatic hydroxyl groups excluding tert-OH is 7. The third kappa shape index (κ3) is 6.06. The second kappa shape index (κ2) is 13.3. The summed E-state index contributed by atoms with van der Waals surface area (Å²) in [6, 6.07) is 0. The van der Waals surface area contributed by atoms with Gasteiger partial charge in [-0.2, -0.15) is 0 Å². The Bertz CT molecular complexity index is 1640. The maximum Gasteiger partial charge on any atom is 0.183 e. The molecule has 3 aliphatic rings. The third-order valence-electron chi connectivity index (χ3n) is 9.16. The molecule has 12 nitrogen and oxygen atoms in total. The summed E-state index contributed by atoms with van der Waals surface area (Å²) in [6.07, 6.45) is -3.05.